The van der Waals surface area contributed by atoms with E-state index in [0.29, 0.717) is 16.2 Å². The second kappa shape index (κ2) is 5.63. The number of carbonyl (C=O) groups is 1. The van der Waals surface area contributed by atoms with Gasteiger partial charge in [0.25, 0.3) is 0 Å². The Morgan fingerprint density at radius 1 is 1.44 bits per heavy atom. The first kappa shape index (κ1) is 13.2. The standard InChI is InChI=1S/C13H10BrFO2S/c1-17-9-3-2-8(11(15)7-9)6-12(16)13-10(14)4-5-18-13/h2-5,7H,6H2,1H3. The van der Waals surface area contributed by atoms with Gasteiger partial charge in [0.15, 0.2) is 5.78 Å². The van der Waals surface area contributed by atoms with Crippen molar-refractivity contribution in [1.82, 2.24) is 0 Å². The summed E-state index contributed by atoms with van der Waals surface area (Å²) in [4.78, 5) is 12.6. The summed E-state index contributed by atoms with van der Waals surface area (Å²) in [7, 11) is 1.47. The third kappa shape index (κ3) is 2.79. The van der Waals surface area contributed by atoms with Crippen molar-refractivity contribution in [3.05, 3.63) is 50.4 Å². The molecule has 0 aliphatic carbocycles. The van der Waals surface area contributed by atoms with E-state index < -0.39 is 5.82 Å². The molecule has 94 valence electrons. The number of ketones is 1. The van der Waals surface area contributed by atoms with Crippen LogP contribution in [0, 0.1) is 5.82 Å². The lowest BCUT2D eigenvalue weighted by molar-refractivity contribution is 0.0995. The van der Waals surface area contributed by atoms with E-state index in [1.807, 2.05) is 11.4 Å². The number of Topliss-reactive ketones (excluding diaryl/α,β-unsaturated/α-hetero) is 1. The normalized spacial score (nSPS) is 10.4. The Labute approximate surface area is 117 Å². The zero-order valence-electron chi connectivity index (χ0n) is 9.57. The molecule has 2 aromatic rings. The molecular formula is C13H10BrFO2S. The van der Waals surface area contributed by atoms with E-state index >= 15 is 0 Å². The summed E-state index contributed by atoms with van der Waals surface area (Å²) in [6.45, 7) is 0. The molecule has 0 unspecified atom stereocenters. The van der Waals surface area contributed by atoms with E-state index in [4.69, 9.17) is 4.74 Å². The van der Waals surface area contributed by atoms with E-state index in [-0.39, 0.29) is 12.2 Å². The fourth-order valence-electron chi connectivity index (χ4n) is 1.54. The van der Waals surface area contributed by atoms with Crippen LogP contribution in [0.1, 0.15) is 15.2 Å². The van der Waals surface area contributed by atoms with Gasteiger partial charge in [0.2, 0.25) is 0 Å². The van der Waals surface area contributed by atoms with Crippen LogP contribution in [0.25, 0.3) is 0 Å². The number of ether oxygens (including phenoxy) is 1. The number of methoxy groups -OCH3 is 1. The summed E-state index contributed by atoms with van der Waals surface area (Å²) in [6, 6.07) is 6.32. The van der Waals surface area contributed by atoms with Crippen LogP contribution in [-0.2, 0) is 6.42 Å². The lowest BCUT2D eigenvalue weighted by Crippen LogP contribution is -2.04. The second-order valence-corrected chi connectivity index (χ2v) is 5.43. The van der Waals surface area contributed by atoms with E-state index in [2.05, 4.69) is 15.9 Å². The van der Waals surface area contributed by atoms with Gasteiger partial charge in [0.1, 0.15) is 11.6 Å². The van der Waals surface area contributed by atoms with E-state index in [1.54, 1.807) is 12.1 Å². The minimum Gasteiger partial charge on any atom is -0.497 e. The van der Waals surface area contributed by atoms with Gasteiger partial charge in [-0.05, 0) is 39.0 Å². The summed E-state index contributed by atoms with van der Waals surface area (Å²) >= 11 is 4.64. The summed E-state index contributed by atoms with van der Waals surface area (Å²) in [5.74, 6) is -0.0719. The molecule has 2 rings (SSSR count). The highest BCUT2D eigenvalue weighted by atomic mass is 79.9. The lowest BCUT2D eigenvalue weighted by atomic mass is 10.1. The Morgan fingerprint density at radius 2 is 2.22 bits per heavy atom. The van der Waals surface area contributed by atoms with Crippen molar-refractivity contribution in [2.24, 2.45) is 0 Å². The van der Waals surface area contributed by atoms with Crippen molar-refractivity contribution in [2.75, 3.05) is 7.11 Å². The number of rotatable bonds is 4. The predicted octanol–water partition coefficient (Wildman–Crippen LogP) is 4.08. The maximum Gasteiger partial charge on any atom is 0.178 e. The van der Waals surface area contributed by atoms with Crippen molar-refractivity contribution >= 4 is 33.0 Å². The maximum atomic E-state index is 13.7. The molecule has 18 heavy (non-hydrogen) atoms. The largest absolute Gasteiger partial charge is 0.497 e. The Balaban J connectivity index is 2.20. The molecule has 0 aliphatic heterocycles. The van der Waals surface area contributed by atoms with Crippen LogP contribution < -0.4 is 4.74 Å². The van der Waals surface area contributed by atoms with E-state index in [1.165, 1.54) is 24.5 Å². The zero-order chi connectivity index (χ0) is 13.1. The Hall–Kier alpha value is -1.20. The van der Waals surface area contributed by atoms with Crippen LogP contribution in [0.5, 0.6) is 5.75 Å². The van der Waals surface area contributed by atoms with Crippen molar-refractivity contribution in [3.8, 4) is 5.75 Å². The van der Waals surface area contributed by atoms with E-state index in [0.717, 1.165) is 4.47 Å². The first-order valence-corrected chi connectivity index (χ1v) is 6.87. The van der Waals surface area contributed by atoms with Gasteiger partial charge in [0.05, 0.1) is 12.0 Å². The number of halogens is 2. The highest BCUT2D eigenvalue weighted by molar-refractivity contribution is 9.10. The molecule has 0 saturated carbocycles. The van der Waals surface area contributed by atoms with Gasteiger partial charge in [-0.25, -0.2) is 4.39 Å². The van der Waals surface area contributed by atoms with Crippen molar-refractivity contribution in [1.29, 1.82) is 0 Å². The first-order chi connectivity index (χ1) is 8.61. The minimum atomic E-state index is -0.421. The van der Waals surface area contributed by atoms with Crippen LogP contribution in [0.2, 0.25) is 0 Å². The van der Waals surface area contributed by atoms with Gasteiger partial charge in [-0.3, -0.25) is 4.79 Å². The van der Waals surface area contributed by atoms with Gasteiger partial charge in [-0.2, -0.15) is 0 Å². The predicted molar refractivity (Wildman–Crippen MR) is 73.0 cm³/mol. The van der Waals surface area contributed by atoms with Gasteiger partial charge in [0, 0.05) is 17.0 Å². The number of carbonyl (C=O) groups excluding carboxylic acids is 1. The fraction of sp³-hybridized carbons (Fsp3) is 0.154. The average molecular weight is 329 g/mol. The Bertz CT molecular complexity index is 580. The van der Waals surface area contributed by atoms with Crippen LogP contribution in [0.3, 0.4) is 0 Å². The van der Waals surface area contributed by atoms with Crippen LogP contribution in [0.4, 0.5) is 4.39 Å². The average Bonchev–Trinajstić information content (AvgIpc) is 2.78. The van der Waals surface area contributed by atoms with Crippen molar-refractivity contribution < 1.29 is 13.9 Å². The lowest BCUT2D eigenvalue weighted by Gasteiger charge is -2.04. The molecule has 0 saturated heterocycles. The molecule has 0 aliphatic rings. The smallest absolute Gasteiger partial charge is 0.178 e. The molecule has 0 atom stereocenters. The monoisotopic (exact) mass is 328 g/mol. The molecule has 2 nitrogen and oxygen atoms in total. The van der Waals surface area contributed by atoms with Crippen molar-refractivity contribution in [2.45, 2.75) is 6.42 Å². The van der Waals surface area contributed by atoms with Gasteiger partial charge < -0.3 is 4.74 Å². The molecule has 0 spiro atoms. The molecule has 1 aromatic carbocycles. The molecule has 1 heterocycles. The summed E-state index contributed by atoms with van der Waals surface area (Å²) < 4.78 is 19.4. The molecule has 1 aromatic heterocycles. The minimum absolute atomic E-state index is 0.0505. The first-order valence-electron chi connectivity index (χ1n) is 5.20. The SMILES string of the molecule is COc1ccc(CC(=O)c2sccc2Br)c(F)c1. The quantitative estimate of drug-likeness (QED) is 0.790. The highest BCUT2D eigenvalue weighted by Gasteiger charge is 2.14. The second-order valence-electron chi connectivity index (χ2n) is 3.65. The molecule has 0 fully saturated rings. The Morgan fingerprint density at radius 3 is 2.78 bits per heavy atom. The Kier molecular flexibility index (Phi) is 4.14. The van der Waals surface area contributed by atoms with Crippen LogP contribution in [-0.4, -0.2) is 12.9 Å². The zero-order valence-corrected chi connectivity index (χ0v) is 12.0. The van der Waals surface area contributed by atoms with E-state index in [9.17, 15) is 9.18 Å². The van der Waals surface area contributed by atoms with Gasteiger partial charge in [-0.1, -0.05) is 6.07 Å². The van der Waals surface area contributed by atoms with Crippen LogP contribution >= 0.6 is 27.3 Å². The van der Waals surface area contributed by atoms with Gasteiger partial charge >= 0.3 is 0 Å². The number of thiophene rings is 1. The van der Waals surface area contributed by atoms with Crippen LogP contribution in [0.15, 0.2) is 34.1 Å². The highest BCUT2D eigenvalue weighted by Crippen LogP contribution is 2.25. The van der Waals surface area contributed by atoms with Gasteiger partial charge in [-0.15, -0.1) is 11.3 Å². The summed E-state index contributed by atoms with van der Waals surface area (Å²) in [6.07, 6.45) is 0.0505. The number of benzene rings is 1. The molecular weight excluding hydrogens is 319 g/mol. The third-order valence-corrected chi connectivity index (χ3v) is 4.36. The fourth-order valence-corrected chi connectivity index (χ4v) is 3.08. The topological polar surface area (TPSA) is 26.3 Å². The maximum absolute atomic E-state index is 13.7. The molecule has 0 amide bonds. The third-order valence-electron chi connectivity index (χ3n) is 2.48. The molecule has 5 heteroatoms. The number of hydrogen-bond acceptors (Lipinski definition) is 3. The molecule has 0 N–H and O–H groups in total. The molecule has 0 bridgehead atoms. The number of hydrogen-bond donors (Lipinski definition) is 0. The molecule has 0 radical (unpaired) electrons. The summed E-state index contributed by atoms with van der Waals surface area (Å²) in [5, 5.41) is 1.82. The summed E-state index contributed by atoms with van der Waals surface area (Å²) in [5.41, 5.74) is 0.376. The van der Waals surface area contributed by atoms with Crippen molar-refractivity contribution in [3.63, 3.8) is 0 Å².